The second kappa shape index (κ2) is 8.41. The Hall–Kier alpha value is -3.35. The number of carbonyl (C=O) groups excluding carboxylic acids is 2. The zero-order valence-electron chi connectivity index (χ0n) is 18.2. The molecule has 0 atom stereocenters. The van der Waals surface area contributed by atoms with E-state index in [2.05, 4.69) is 10.3 Å². The predicted molar refractivity (Wildman–Crippen MR) is 119 cm³/mol. The molecular formula is C24H28N4O3. The molecule has 0 bridgehead atoms. The summed E-state index contributed by atoms with van der Waals surface area (Å²) in [5, 5.41) is 2.93. The van der Waals surface area contributed by atoms with Crippen molar-refractivity contribution in [1.29, 1.82) is 0 Å². The summed E-state index contributed by atoms with van der Waals surface area (Å²) in [4.78, 5) is 30.8. The highest BCUT2D eigenvalue weighted by atomic mass is 16.6. The molecule has 7 heteroatoms. The summed E-state index contributed by atoms with van der Waals surface area (Å²) in [5.74, 6) is 0.227. The molecule has 1 saturated heterocycles. The minimum Gasteiger partial charge on any atom is -0.444 e. The van der Waals surface area contributed by atoms with Crippen molar-refractivity contribution in [2.24, 2.45) is 0 Å². The van der Waals surface area contributed by atoms with Crippen molar-refractivity contribution in [3.63, 3.8) is 0 Å². The Bertz CT molecular complexity index is 1070. The number of carbonyl (C=O) groups is 2. The average molecular weight is 421 g/mol. The summed E-state index contributed by atoms with van der Waals surface area (Å²) in [5.41, 5.74) is 2.88. The third-order valence-electron chi connectivity index (χ3n) is 5.44. The molecule has 4 rings (SSSR count). The summed E-state index contributed by atoms with van der Waals surface area (Å²) in [6.07, 6.45) is 6.93. The second-order valence-electron chi connectivity index (χ2n) is 8.93. The first-order valence-corrected chi connectivity index (χ1v) is 10.6. The molecule has 1 aliphatic heterocycles. The van der Waals surface area contributed by atoms with Crippen molar-refractivity contribution in [2.45, 2.75) is 45.1 Å². The standard InChI is InChI=1S/C24H28N4O3/c1-24(2,3)31-23(30)27-13-10-18(11-14-27)17-4-6-19(7-5-17)22(29)26-20-8-9-21-25-12-15-28(21)16-20/h4-9,12,15-16,18H,10-11,13-14H2,1-3H3,(H,26,29). The fraction of sp³-hybridized carbons (Fsp3) is 0.375. The van der Waals surface area contributed by atoms with E-state index in [1.165, 1.54) is 5.56 Å². The van der Waals surface area contributed by atoms with Crippen LogP contribution in [0.5, 0.6) is 0 Å². The molecule has 1 aromatic carbocycles. The Kier molecular flexibility index (Phi) is 5.67. The molecule has 3 heterocycles. The van der Waals surface area contributed by atoms with Gasteiger partial charge in [0.15, 0.2) is 0 Å². The minimum atomic E-state index is -0.477. The molecular weight excluding hydrogens is 392 g/mol. The number of nitrogens with zero attached hydrogens (tertiary/aromatic N) is 3. The smallest absolute Gasteiger partial charge is 0.410 e. The van der Waals surface area contributed by atoms with Gasteiger partial charge in [0, 0.05) is 37.2 Å². The van der Waals surface area contributed by atoms with E-state index in [0.29, 0.717) is 30.3 Å². The van der Waals surface area contributed by atoms with Crippen LogP contribution in [0.25, 0.3) is 5.65 Å². The van der Waals surface area contributed by atoms with Crippen LogP contribution in [-0.2, 0) is 4.74 Å². The first-order valence-electron chi connectivity index (χ1n) is 10.6. The van der Waals surface area contributed by atoms with Gasteiger partial charge in [-0.3, -0.25) is 4.79 Å². The van der Waals surface area contributed by atoms with E-state index >= 15 is 0 Å². The highest BCUT2D eigenvalue weighted by molar-refractivity contribution is 6.04. The molecule has 1 fully saturated rings. The molecule has 1 N–H and O–H groups in total. The monoisotopic (exact) mass is 420 g/mol. The lowest BCUT2D eigenvalue weighted by molar-refractivity contribution is 0.0204. The number of benzene rings is 1. The molecule has 2 amide bonds. The number of pyridine rings is 1. The van der Waals surface area contributed by atoms with Gasteiger partial charge in [-0.1, -0.05) is 12.1 Å². The second-order valence-corrected chi connectivity index (χ2v) is 8.93. The van der Waals surface area contributed by atoms with Crippen molar-refractivity contribution in [2.75, 3.05) is 18.4 Å². The molecule has 162 valence electrons. The Morgan fingerprint density at radius 2 is 1.77 bits per heavy atom. The van der Waals surface area contributed by atoms with Crippen LogP contribution in [0.15, 0.2) is 55.0 Å². The number of piperidine rings is 1. The van der Waals surface area contributed by atoms with E-state index in [9.17, 15) is 9.59 Å². The van der Waals surface area contributed by atoms with Gasteiger partial charge in [0.2, 0.25) is 0 Å². The van der Waals surface area contributed by atoms with Gasteiger partial charge < -0.3 is 19.4 Å². The quantitative estimate of drug-likeness (QED) is 0.666. The summed E-state index contributed by atoms with van der Waals surface area (Å²) in [6.45, 7) is 7.00. The maximum Gasteiger partial charge on any atom is 0.410 e. The number of ether oxygens (including phenoxy) is 1. The van der Waals surface area contributed by atoms with E-state index < -0.39 is 5.60 Å². The zero-order valence-corrected chi connectivity index (χ0v) is 18.2. The third-order valence-corrected chi connectivity index (χ3v) is 5.44. The van der Waals surface area contributed by atoms with Crippen LogP contribution in [-0.4, -0.2) is 45.0 Å². The van der Waals surface area contributed by atoms with Crippen LogP contribution in [0.3, 0.4) is 0 Å². The van der Waals surface area contributed by atoms with E-state index in [4.69, 9.17) is 4.74 Å². The van der Waals surface area contributed by atoms with E-state index in [0.717, 1.165) is 18.5 Å². The summed E-state index contributed by atoms with van der Waals surface area (Å²) < 4.78 is 7.33. The minimum absolute atomic E-state index is 0.147. The number of hydrogen-bond acceptors (Lipinski definition) is 4. The Morgan fingerprint density at radius 1 is 1.06 bits per heavy atom. The van der Waals surface area contributed by atoms with E-state index in [-0.39, 0.29) is 12.0 Å². The lowest BCUT2D eigenvalue weighted by Gasteiger charge is -2.33. The van der Waals surface area contributed by atoms with Crippen LogP contribution in [0.2, 0.25) is 0 Å². The van der Waals surface area contributed by atoms with Crippen LogP contribution >= 0.6 is 0 Å². The number of likely N-dealkylation sites (tertiary alicyclic amines) is 1. The van der Waals surface area contributed by atoms with Gasteiger partial charge in [-0.2, -0.15) is 0 Å². The molecule has 31 heavy (non-hydrogen) atoms. The van der Waals surface area contributed by atoms with Gasteiger partial charge >= 0.3 is 6.09 Å². The van der Waals surface area contributed by atoms with Crippen molar-refractivity contribution in [3.8, 4) is 0 Å². The number of anilines is 1. The molecule has 0 saturated carbocycles. The molecule has 3 aromatic rings. The van der Waals surface area contributed by atoms with Gasteiger partial charge in [0.25, 0.3) is 5.91 Å². The summed E-state index contributed by atoms with van der Waals surface area (Å²) in [6, 6.07) is 11.5. The molecule has 1 aliphatic rings. The number of hydrogen-bond donors (Lipinski definition) is 1. The van der Waals surface area contributed by atoms with E-state index in [1.807, 2.05) is 74.0 Å². The number of imidazole rings is 1. The predicted octanol–water partition coefficient (Wildman–Crippen LogP) is 4.70. The maximum absolute atomic E-state index is 12.6. The molecule has 0 spiro atoms. The van der Waals surface area contributed by atoms with Crippen LogP contribution in [0.1, 0.15) is 55.5 Å². The van der Waals surface area contributed by atoms with Crippen LogP contribution < -0.4 is 5.32 Å². The lowest BCUT2D eigenvalue weighted by Crippen LogP contribution is -2.41. The Morgan fingerprint density at radius 3 is 2.45 bits per heavy atom. The number of fused-ring (bicyclic) bond motifs is 1. The van der Waals surface area contributed by atoms with Gasteiger partial charge in [0.1, 0.15) is 11.2 Å². The van der Waals surface area contributed by atoms with Crippen molar-refractivity contribution in [3.05, 3.63) is 66.1 Å². The summed E-state index contributed by atoms with van der Waals surface area (Å²) in [7, 11) is 0. The first kappa shape index (κ1) is 20.9. The van der Waals surface area contributed by atoms with Gasteiger partial charge in [-0.15, -0.1) is 0 Å². The largest absolute Gasteiger partial charge is 0.444 e. The topological polar surface area (TPSA) is 75.9 Å². The van der Waals surface area contributed by atoms with Crippen molar-refractivity contribution >= 4 is 23.3 Å². The highest BCUT2D eigenvalue weighted by Gasteiger charge is 2.27. The lowest BCUT2D eigenvalue weighted by atomic mass is 9.89. The molecule has 0 unspecified atom stereocenters. The molecule has 7 nitrogen and oxygen atoms in total. The molecule has 0 radical (unpaired) electrons. The number of amides is 2. The average Bonchev–Trinajstić information content (AvgIpc) is 3.21. The van der Waals surface area contributed by atoms with Crippen LogP contribution in [0.4, 0.5) is 10.5 Å². The van der Waals surface area contributed by atoms with Crippen molar-refractivity contribution < 1.29 is 14.3 Å². The van der Waals surface area contributed by atoms with Gasteiger partial charge in [-0.05, 0) is 69.4 Å². The van der Waals surface area contributed by atoms with Crippen LogP contribution in [0, 0.1) is 0 Å². The van der Waals surface area contributed by atoms with Gasteiger partial charge in [0.05, 0.1) is 5.69 Å². The Balaban J connectivity index is 1.34. The zero-order chi connectivity index (χ0) is 22.0. The SMILES string of the molecule is CC(C)(C)OC(=O)N1CCC(c2ccc(C(=O)Nc3ccc4nccn4c3)cc2)CC1. The molecule has 2 aromatic heterocycles. The number of nitrogens with one attached hydrogen (secondary N) is 1. The fourth-order valence-corrected chi connectivity index (χ4v) is 3.83. The molecule has 0 aliphatic carbocycles. The number of aromatic nitrogens is 2. The Labute approximate surface area is 182 Å². The summed E-state index contributed by atoms with van der Waals surface area (Å²) >= 11 is 0. The maximum atomic E-state index is 12.6. The normalized spacial score (nSPS) is 15.1. The third kappa shape index (κ3) is 5.05. The number of rotatable bonds is 3. The van der Waals surface area contributed by atoms with Crippen molar-refractivity contribution in [1.82, 2.24) is 14.3 Å². The highest BCUT2D eigenvalue weighted by Crippen LogP contribution is 2.29. The van der Waals surface area contributed by atoms with E-state index in [1.54, 1.807) is 11.1 Å². The van der Waals surface area contributed by atoms with Gasteiger partial charge in [-0.25, -0.2) is 9.78 Å². The first-order chi connectivity index (χ1) is 14.8. The fourth-order valence-electron chi connectivity index (χ4n) is 3.83.